The summed E-state index contributed by atoms with van der Waals surface area (Å²) in [6.45, 7) is 0. The normalized spacial score (nSPS) is 19.7. The van der Waals surface area contributed by atoms with Crippen LogP contribution >= 0.6 is 46.2 Å². The van der Waals surface area contributed by atoms with Crippen LogP contribution in [0.5, 0.6) is 0 Å². The number of nitrogen functional groups attached to an aromatic ring is 1. The minimum atomic E-state index is -1.61. The fourth-order valence-electron chi connectivity index (χ4n) is 3.18. The van der Waals surface area contributed by atoms with Gasteiger partial charge in [0.25, 0.3) is 17.7 Å². The van der Waals surface area contributed by atoms with Crippen LogP contribution in [0.1, 0.15) is 16.2 Å². The molecule has 0 aromatic carbocycles. The van der Waals surface area contributed by atoms with Crippen LogP contribution in [0.3, 0.4) is 0 Å². The zero-order valence-electron chi connectivity index (χ0n) is 17.2. The molecular weight excluding hydrogens is 542 g/mol. The van der Waals surface area contributed by atoms with Crippen LogP contribution in [0.15, 0.2) is 31.7 Å². The predicted octanol–water partition coefficient (Wildman–Crippen LogP) is 0.557. The van der Waals surface area contributed by atoms with Gasteiger partial charge in [0.2, 0.25) is 5.88 Å². The molecule has 0 radical (unpaired) electrons. The molecular formula is C17H15N7O7S4. The van der Waals surface area contributed by atoms with Gasteiger partial charge < -0.3 is 31.8 Å². The van der Waals surface area contributed by atoms with E-state index in [1.165, 1.54) is 45.8 Å². The van der Waals surface area contributed by atoms with Gasteiger partial charge in [0, 0.05) is 22.5 Å². The maximum atomic E-state index is 12.9. The van der Waals surface area contributed by atoms with E-state index in [9.17, 15) is 29.5 Å². The van der Waals surface area contributed by atoms with Crippen molar-refractivity contribution in [2.45, 2.75) is 15.6 Å². The van der Waals surface area contributed by atoms with Crippen LogP contribution < -0.4 is 16.8 Å². The van der Waals surface area contributed by atoms with Crippen molar-refractivity contribution in [2.24, 2.45) is 10.9 Å². The van der Waals surface area contributed by atoms with Gasteiger partial charge in [0.1, 0.15) is 17.1 Å². The Morgan fingerprint density at radius 2 is 2.14 bits per heavy atom. The number of anilines is 1. The largest absolute Gasteiger partial charge is 0.512 e. The number of ether oxygens (including phenoxy) is 1. The van der Waals surface area contributed by atoms with Gasteiger partial charge in [0.15, 0.2) is 16.5 Å². The molecule has 2 aliphatic rings. The summed E-state index contributed by atoms with van der Waals surface area (Å²) in [5.74, 6) is -1.82. The molecule has 1 fully saturated rings. The monoisotopic (exact) mass is 557 g/mol. The van der Waals surface area contributed by atoms with E-state index in [2.05, 4.69) is 20.4 Å². The predicted molar refractivity (Wildman–Crippen MR) is 127 cm³/mol. The molecule has 0 saturated carbocycles. The van der Waals surface area contributed by atoms with Crippen molar-refractivity contribution in [3.8, 4) is 0 Å². The third-order valence-corrected chi connectivity index (χ3v) is 8.91. The van der Waals surface area contributed by atoms with Crippen molar-refractivity contribution in [3.05, 3.63) is 33.7 Å². The van der Waals surface area contributed by atoms with Crippen LogP contribution in [0.2, 0.25) is 0 Å². The molecule has 2 aromatic heterocycles. The molecule has 1 unspecified atom stereocenters. The van der Waals surface area contributed by atoms with Gasteiger partial charge in [-0.25, -0.2) is 14.8 Å². The number of hydrogen-bond donors (Lipinski definition) is 5. The summed E-state index contributed by atoms with van der Waals surface area (Å²) in [5, 5.41) is 24.8. The standard InChI is InChI=1S/C17H15N7O7S4/c18-10(25)8-15(35-4-20-8)33-2-5-1-32-14-9(12(27)24(14)13(5)31-17(28)29)22-11(26)7(23-30)6-3-34-16(19)21-6/h3-4,9,14,30H,1-2H2,(H2,18,25)(H2,19,21)(H,22,26)(H,28,29)/b23-7-/t9?,14-/m0/s1. The molecule has 4 heterocycles. The van der Waals surface area contributed by atoms with Gasteiger partial charge in [-0.15, -0.1) is 46.2 Å². The first-order valence-electron chi connectivity index (χ1n) is 9.39. The average molecular weight is 558 g/mol. The van der Waals surface area contributed by atoms with E-state index in [-0.39, 0.29) is 33.9 Å². The third-order valence-electron chi connectivity index (χ3n) is 4.69. The number of aromatic nitrogens is 2. The Balaban J connectivity index is 1.50. The summed E-state index contributed by atoms with van der Waals surface area (Å²) in [6.07, 6.45) is -1.61. The number of nitrogens with two attached hydrogens (primary N) is 2. The Hall–Kier alpha value is -3.35. The van der Waals surface area contributed by atoms with E-state index in [1.807, 2.05) is 0 Å². The molecule has 0 bridgehead atoms. The van der Waals surface area contributed by atoms with Crippen LogP contribution in [-0.4, -0.2) is 77.7 Å². The van der Waals surface area contributed by atoms with E-state index in [0.29, 0.717) is 9.78 Å². The van der Waals surface area contributed by atoms with E-state index in [4.69, 9.17) is 16.2 Å². The van der Waals surface area contributed by atoms with Crippen molar-refractivity contribution in [1.82, 2.24) is 20.2 Å². The number of rotatable bonds is 8. The number of hydrogen-bond acceptors (Lipinski definition) is 14. The third kappa shape index (κ3) is 4.90. The topological polar surface area (TPSA) is 223 Å². The second-order valence-corrected chi connectivity index (χ2v) is 10.9. The lowest BCUT2D eigenvalue weighted by atomic mass is 10.1. The molecule has 184 valence electrons. The van der Waals surface area contributed by atoms with Crippen LogP contribution in [0, 0.1) is 0 Å². The minimum Gasteiger partial charge on any atom is -0.449 e. The number of carbonyl (C=O) groups is 4. The summed E-state index contributed by atoms with van der Waals surface area (Å²) in [5.41, 5.74) is 12.5. The number of primary amides is 1. The molecule has 0 spiro atoms. The maximum absolute atomic E-state index is 12.9. The summed E-state index contributed by atoms with van der Waals surface area (Å²) in [6, 6.07) is -1.02. The van der Waals surface area contributed by atoms with E-state index in [0.717, 1.165) is 16.2 Å². The average Bonchev–Trinajstić information content (AvgIpc) is 3.45. The Bertz CT molecular complexity index is 1270. The molecule has 2 aromatic rings. The number of carbonyl (C=O) groups excluding carboxylic acids is 3. The van der Waals surface area contributed by atoms with Crippen molar-refractivity contribution in [2.75, 3.05) is 17.2 Å². The highest BCUT2D eigenvalue weighted by Crippen LogP contribution is 2.42. The zero-order valence-corrected chi connectivity index (χ0v) is 20.5. The summed E-state index contributed by atoms with van der Waals surface area (Å²) >= 11 is 4.73. The SMILES string of the molecule is NC(=O)c1ncsc1SCC1=C(OC(=O)O)N2C(=O)C(NC(=O)/C(=N\O)c3csc(N)n3)[C@@H]2SC1. The maximum Gasteiger partial charge on any atom is 0.512 e. The van der Waals surface area contributed by atoms with Gasteiger partial charge in [-0.2, -0.15) is 0 Å². The molecule has 2 aliphatic heterocycles. The van der Waals surface area contributed by atoms with Gasteiger partial charge in [-0.3, -0.25) is 19.3 Å². The van der Waals surface area contributed by atoms with Gasteiger partial charge in [-0.05, 0) is 0 Å². The smallest absolute Gasteiger partial charge is 0.449 e. The first-order chi connectivity index (χ1) is 16.7. The number of fused-ring (bicyclic) bond motifs is 1. The Kier molecular flexibility index (Phi) is 7.15. The molecule has 4 rings (SSSR count). The fourth-order valence-corrected chi connectivity index (χ4v) is 7.10. The minimum absolute atomic E-state index is 0.0416. The summed E-state index contributed by atoms with van der Waals surface area (Å²) in [7, 11) is 0. The number of thioether (sulfide) groups is 2. The molecule has 0 aliphatic carbocycles. The lowest BCUT2D eigenvalue weighted by molar-refractivity contribution is -0.148. The number of oxime groups is 1. The quantitative estimate of drug-likeness (QED) is 0.0749. The number of carboxylic acid groups (broad SMARTS) is 1. The van der Waals surface area contributed by atoms with Gasteiger partial charge in [-0.1, -0.05) is 5.16 Å². The van der Waals surface area contributed by atoms with Crippen LogP contribution in [0.4, 0.5) is 9.93 Å². The first-order valence-corrected chi connectivity index (χ1v) is 13.2. The first kappa shape index (κ1) is 24.8. The molecule has 3 amide bonds. The lowest BCUT2D eigenvalue weighted by Gasteiger charge is -2.49. The summed E-state index contributed by atoms with van der Waals surface area (Å²) in [4.78, 5) is 57.2. The van der Waals surface area contributed by atoms with E-state index < -0.39 is 41.0 Å². The number of amides is 3. The molecule has 2 atom stereocenters. The van der Waals surface area contributed by atoms with E-state index >= 15 is 0 Å². The van der Waals surface area contributed by atoms with Crippen LogP contribution in [0.25, 0.3) is 0 Å². The van der Waals surface area contributed by atoms with Gasteiger partial charge >= 0.3 is 6.16 Å². The lowest BCUT2D eigenvalue weighted by Crippen LogP contribution is -2.70. The van der Waals surface area contributed by atoms with Crippen molar-refractivity contribution in [1.29, 1.82) is 0 Å². The number of nitrogens with one attached hydrogen (secondary N) is 1. The molecule has 1 saturated heterocycles. The number of β-lactam (4-membered cyclic amide) rings is 1. The molecule has 14 nitrogen and oxygen atoms in total. The van der Waals surface area contributed by atoms with Gasteiger partial charge in [0.05, 0.1) is 9.72 Å². The number of thiazole rings is 2. The highest BCUT2D eigenvalue weighted by atomic mass is 32.2. The van der Waals surface area contributed by atoms with E-state index in [1.54, 1.807) is 0 Å². The number of nitrogens with zero attached hydrogens (tertiary/aromatic N) is 4. The Morgan fingerprint density at radius 1 is 1.37 bits per heavy atom. The Labute approximate surface area is 212 Å². The van der Waals surface area contributed by atoms with Crippen molar-refractivity contribution < 1.29 is 34.2 Å². The molecule has 35 heavy (non-hydrogen) atoms. The second-order valence-electron chi connectivity index (χ2n) is 6.80. The fraction of sp³-hybridized carbons (Fsp3) is 0.235. The van der Waals surface area contributed by atoms with Crippen molar-refractivity contribution >= 4 is 80.9 Å². The Morgan fingerprint density at radius 3 is 2.77 bits per heavy atom. The summed E-state index contributed by atoms with van der Waals surface area (Å²) < 4.78 is 5.47. The highest BCUT2D eigenvalue weighted by molar-refractivity contribution is 8.02. The molecule has 18 heteroatoms. The zero-order chi connectivity index (χ0) is 25.3. The van der Waals surface area contributed by atoms with Crippen LogP contribution in [-0.2, 0) is 14.3 Å². The second kappa shape index (κ2) is 10.1. The molecule has 7 N–H and O–H groups in total. The van der Waals surface area contributed by atoms with Crippen molar-refractivity contribution in [3.63, 3.8) is 0 Å². The highest BCUT2D eigenvalue weighted by Gasteiger charge is 2.54.